The van der Waals surface area contributed by atoms with Crippen molar-refractivity contribution in [3.05, 3.63) is 36.0 Å². The molecule has 8 heteroatoms. The Labute approximate surface area is 139 Å². The van der Waals surface area contributed by atoms with Crippen molar-refractivity contribution < 1.29 is 9.59 Å². The van der Waals surface area contributed by atoms with E-state index in [1.165, 1.54) is 0 Å². The molecule has 24 heavy (non-hydrogen) atoms. The van der Waals surface area contributed by atoms with E-state index in [9.17, 15) is 9.59 Å². The Bertz CT molecular complexity index is 690. The Hall–Kier alpha value is -2.74. The number of aromatic amines is 1. The van der Waals surface area contributed by atoms with E-state index < -0.39 is 0 Å². The number of aromatic nitrogens is 3. The number of rotatable bonds is 4. The molecule has 1 fully saturated rings. The van der Waals surface area contributed by atoms with Crippen molar-refractivity contribution in [3.63, 3.8) is 0 Å². The fourth-order valence-corrected chi connectivity index (χ4v) is 2.56. The van der Waals surface area contributed by atoms with Gasteiger partial charge in [0.05, 0.1) is 12.7 Å². The maximum atomic E-state index is 12.2. The van der Waals surface area contributed by atoms with E-state index in [-0.39, 0.29) is 18.4 Å². The molecule has 1 saturated heterocycles. The van der Waals surface area contributed by atoms with E-state index in [0.29, 0.717) is 24.3 Å². The summed E-state index contributed by atoms with van der Waals surface area (Å²) in [5.74, 6) is -0.306. The van der Waals surface area contributed by atoms with Crippen LogP contribution >= 0.6 is 0 Å². The first kappa shape index (κ1) is 16.1. The number of likely N-dealkylation sites (N-methyl/N-ethyl adjacent to an activating group) is 1. The predicted molar refractivity (Wildman–Crippen MR) is 88.2 cm³/mol. The summed E-state index contributed by atoms with van der Waals surface area (Å²) < 4.78 is 0. The van der Waals surface area contributed by atoms with Crippen LogP contribution in [0, 0.1) is 0 Å². The van der Waals surface area contributed by atoms with Gasteiger partial charge < -0.3 is 15.1 Å². The lowest BCUT2D eigenvalue weighted by atomic mass is 10.1. The Morgan fingerprint density at radius 3 is 2.50 bits per heavy atom. The molecule has 1 aliphatic heterocycles. The van der Waals surface area contributed by atoms with Crippen molar-refractivity contribution in [3.8, 4) is 11.3 Å². The molecule has 0 saturated carbocycles. The first-order chi connectivity index (χ1) is 11.6. The minimum Gasteiger partial charge on any atom is -0.343 e. The van der Waals surface area contributed by atoms with Gasteiger partial charge in [-0.05, 0) is 19.2 Å². The zero-order chi connectivity index (χ0) is 16.9. The molecular formula is C16H20N6O2. The average Bonchev–Trinajstić information content (AvgIpc) is 3.15. The minimum absolute atomic E-state index is 0.0214. The number of amides is 2. The van der Waals surface area contributed by atoms with Gasteiger partial charge in [-0.3, -0.25) is 9.59 Å². The zero-order valence-corrected chi connectivity index (χ0v) is 13.5. The van der Waals surface area contributed by atoms with Crippen molar-refractivity contribution in [1.29, 1.82) is 0 Å². The third-order valence-corrected chi connectivity index (χ3v) is 4.11. The summed E-state index contributed by atoms with van der Waals surface area (Å²) in [5, 5.41) is 13.0. The van der Waals surface area contributed by atoms with Crippen LogP contribution in [0.5, 0.6) is 0 Å². The van der Waals surface area contributed by atoms with Gasteiger partial charge in [-0.1, -0.05) is 12.1 Å². The molecule has 0 atom stereocenters. The molecule has 8 nitrogen and oxygen atoms in total. The van der Waals surface area contributed by atoms with Crippen molar-refractivity contribution in [1.82, 2.24) is 30.5 Å². The van der Waals surface area contributed by atoms with Crippen molar-refractivity contribution in [2.45, 2.75) is 0 Å². The van der Waals surface area contributed by atoms with Gasteiger partial charge in [0.15, 0.2) is 0 Å². The van der Waals surface area contributed by atoms with Crippen molar-refractivity contribution in [2.24, 2.45) is 0 Å². The molecule has 0 unspecified atom stereocenters. The number of benzene rings is 1. The molecule has 2 heterocycles. The van der Waals surface area contributed by atoms with Crippen LogP contribution in [0.3, 0.4) is 0 Å². The van der Waals surface area contributed by atoms with Gasteiger partial charge in [0, 0.05) is 37.3 Å². The molecule has 0 radical (unpaired) electrons. The Morgan fingerprint density at radius 2 is 1.88 bits per heavy atom. The lowest BCUT2D eigenvalue weighted by molar-refractivity contribution is -0.131. The largest absolute Gasteiger partial charge is 0.343 e. The topological polar surface area (TPSA) is 94.2 Å². The number of hydrogen-bond donors (Lipinski definition) is 2. The molecule has 1 aromatic heterocycles. The van der Waals surface area contributed by atoms with Crippen LogP contribution in [0.15, 0.2) is 30.5 Å². The van der Waals surface area contributed by atoms with Crippen LogP contribution in [0.1, 0.15) is 10.4 Å². The van der Waals surface area contributed by atoms with E-state index in [0.717, 1.165) is 18.7 Å². The summed E-state index contributed by atoms with van der Waals surface area (Å²) in [6.45, 7) is 3.16. The first-order valence-corrected chi connectivity index (χ1v) is 7.84. The van der Waals surface area contributed by atoms with Crippen LogP contribution in [0.2, 0.25) is 0 Å². The molecule has 0 aliphatic carbocycles. The van der Waals surface area contributed by atoms with Gasteiger partial charge >= 0.3 is 0 Å². The molecule has 3 rings (SSSR count). The number of carbonyl (C=O) groups excluding carboxylic acids is 2. The molecule has 0 spiro atoms. The number of carbonyl (C=O) groups is 2. The van der Waals surface area contributed by atoms with Gasteiger partial charge in [-0.25, -0.2) is 0 Å². The summed E-state index contributed by atoms with van der Waals surface area (Å²) in [7, 11) is 2.03. The van der Waals surface area contributed by atoms with E-state index >= 15 is 0 Å². The summed E-state index contributed by atoms with van der Waals surface area (Å²) >= 11 is 0. The highest BCUT2D eigenvalue weighted by atomic mass is 16.2. The second kappa shape index (κ2) is 7.22. The molecule has 1 aliphatic rings. The van der Waals surface area contributed by atoms with E-state index in [4.69, 9.17) is 0 Å². The zero-order valence-electron chi connectivity index (χ0n) is 13.5. The van der Waals surface area contributed by atoms with Crippen LogP contribution in [-0.2, 0) is 4.79 Å². The highest BCUT2D eigenvalue weighted by Gasteiger charge is 2.19. The van der Waals surface area contributed by atoms with E-state index in [1.54, 1.807) is 35.4 Å². The fraction of sp³-hybridized carbons (Fsp3) is 0.375. The molecule has 126 valence electrons. The quantitative estimate of drug-likeness (QED) is 0.822. The number of nitrogens with one attached hydrogen (secondary N) is 2. The highest BCUT2D eigenvalue weighted by molar-refractivity contribution is 5.96. The number of hydrogen-bond acceptors (Lipinski definition) is 5. The van der Waals surface area contributed by atoms with Gasteiger partial charge in [-0.15, -0.1) is 0 Å². The first-order valence-electron chi connectivity index (χ1n) is 7.84. The van der Waals surface area contributed by atoms with Crippen LogP contribution in [0.25, 0.3) is 11.3 Å². The van der Waals surface area contributed by atoms with Gasteiger partial charge in [-0.2, -0.15) is 15.4 Å². The second-order valence-corrected chi connectivity index (χ2v) is 5.80. The van der Waals surface area contributed by atoms with Crippen LogP contribution in [0.4, 0.5) is 0 Å². The third-order valence-electron chi connectivity index (χ3n) is 4.11. The smallest absolute Gasteiger partial charge is 0.251 e. The monoisotopic (exact) mass is 328 g/mol. The molecule has 0 bridgehead atoms. The molecule has 2 N–H and O–H groups in total. The summed E-state index contributed by atoms with van der Waals surface area (Å²) in [6, 6.07) is 7.02. The molecular weight excluding hydrogens is 308 g/mol. The fourth-order valence-electron chi connectivity index (χ4n) is 2.56. The molecule has 2 amide bonds. The summed E-state index contributed by atoms with van der Waals surface area (Å²) in [4.78, 5) is 28.2. The Kier molecular flexibility index (Phi) is 4.85. The standard InChI is InChI=1S/C16H20N6O2/c1-21-6-8-22(9-7-21)15(23)11-17-16(24)13-4-2-12(3-5-13)14-10-18-20-19-14/h2-5,10H,6-9,11H2,1H3,(H,17,24)(H,18,19,20). The minimum atomic E-state index is -0.260. The van der Waals surface area contributed by atoms with Gasteiger partial charge in [0.2, 0.25) is 5.91 Å². The summed E-state index contributed by atoms with van der Waals surface area (Å²) in [5.41, 5.74) is 2.09. The maximum Gasteiger partial charge on any atom is 0.251 e. The lowest BCUT2D eigenvalue weighted by Gasteiger charge is -2.32. The maximum absolute atomic E-state index is 12.2. The SMILES string of the molecule is CN1CCN(C(=O)CNC(=O)c2ccc(-c3cn[nH]n3)cc2)CC1. The molecule has 1 aromatic carbocycles. The lowest BCUT2D eigenvalue weighted by Crippen LogP contribution is -2.50. The third kappa shape index (κ3) is 3.77. The highest BCUT2D eigenvalue weighted by Crippen LogP contribution is 2.15. The normalized spacial score (nSPS) is 15.3. The van der Waals surface area contributed by atoms with Crippen LogP contribution < -0.4 is 5.32 Å². The van der Waals surface area contributed by atoms with Crippen LogP contribution in [-0.4, -0.2) is 76.8 Å². The average molecular weight is 328 g/mol. The van der Waals surface area contributed by atoms with E-state index in [1.807, 2.05) is 7.05 Å². The number of piperazine rings is 1. The Balaban J connectivity index is 1.52. The second-order valence-electron chi connectivity index (χ2n) is 5.80. The number of nitrogens with zero attached hydrogens (tertiary/aromatic N) is 4. The van der Waals surface area contributed by atoms with Crippen molar-refractivity contribution >= 4 is 11.8 Å². The number of H-pyrrole nitrogens is 1. The van der Waals surface area contributed by atoms with E-state index in [2.05, 4.69) is 25.6 Å². The van der Waals surface area contributed by atoms with Gasteiger partial charge in [0.25, 0.3) is 5.91 Å². The summed E-state index contributed by atoms with van der Waals surface area (Å²) in [6.07, 6.45) is 1.61. The van der Waals surface area contributed by atoms with Gasteiger partial charge in [0.1, 0.15) is 5.69 Å². The van der Waals surface area contributed by atoms with Crippen molar-refractivity contribution in [2.75, 3.05) is 39.8 Å². The molecule has 2 aromatic rings. The Morgan fingerprint density at radius 1 is 1.17 bits per heavy atom. The predicted octanol–water partition coefficient (Wildman–Crippen LogP) is -0.0245.